The molecule has 2 aromatic carbocycles. The van der Waals surface area contributed by atoms with Crippen LogP contribution >= 0.6 is 0 Å². The molecule has 0 saturated heterocycles. The number of ether oxygens (including phenoxy) is 1. The minimum Gasteiger partial charge on any atom is -0.481 e. The van der Waals surface area contributed by atoms with Crippen LogP contribution in [0.4, 0.5) is 4.79 Å². The summed E-state index contributed by atoms with van der Waals surface area (Å²) in [7, 11) is 0. The number of hydrogen-bond acceptors (Lipinski definition) is 4. The van der Waals surface area contributed by atoms with Gasteiger partial charge in [0.25, 0.3) is 0 Å². The third-order valence-electron chi connectivity index (χ3n) is 7.83. The molecule has 0 aromatic heterocycles. The van der Waals surface area contributed by atoms with Gasteiger partial charge in [0, 0.05) is 18.4 Å². The predicted octanol–water partition coefficient (Wildman–Crippen LogP) is 4.46. The number of hydrogen-bond donors (Lipinski definition) is 3. The molecule has 5 rings (SSSR count). The van der Waals surface area contributed by atoms with E-state index >= 15 is 0 Å². The van der Waals surface area contributed by atoms with E-state index in [9.17, 15) is 14.4 Å². The molecule has 35 heavy (non-hydrogen) atoms. The van der Waals surface area contributed by atoms with Crippen LogP contribution in [0.2, 0.25) is 0 Å². The first-order chi connectivity index (χ1) is 17.0. The number of nitrogens with one attached hydrogen (secondary N) is 2. The Labute approximate surface area is 205 Å². The molecular weight excluding hydrogens is 444 g/mol. The molecule has 3 aliphatic carbocycles. The van der Waals surface area contributed by atoms with Crippen LogP contribution in [-0.2, 0) is 14.3 Å². The van der Waals surface area contributed by atoms with Gasteiger partial charge in [0.1, 0.15) is 6.61 Å². The fourth-order valence-corrected chi connectivity index (χ4v) is 5.80. The van der Waals surface area contributed by atoms with Crippen molar-refractivity contribution in [1.82, 2.24) is 10.6 Å². The first kappa shape index (κ1) is 23.4. The molecule has 0 heterocycles. The Hall–Kier alpha value is -3.35. The lowest BCUT2D eigenvalue weighted by atomic mass is 9.78. The van der Waals surface area contributed by atoms with E-state index in [2.05, 4.69) is 34.9 Å². The summed E-state index contributed by atoms with van der Waals surface area (Å²) in [5, 5.41) is 15.0. The number of carboxylic acid groups (broad SMARTS) is 1. The Morgan fingerprint density at radius 2 is 1.57 bits per heavy atom. The molecule has 0 bridgehead atoms. The minimum atomic E-state index is -0.889. The van der Waals surface area contributed by atoms with Gasteiger partial charge >= 0.3 is 12.1 Å². The molecular formula is C28H32N2O5. The first-order valence-electron chi connectivity index (χ1n) is 12.6. The second-order valence-corrected chi connectivity index (χ2v) is 10.2. The fraction of sp³-hybridized carbons (Fsp3) is 0.464. The average molecular weight is 477 g/mol. The van der Waals surface area contributed by atoms with Crippen LogP contribution in [0.15, 0.2) is 48.5 Å². The smallest absolute Gasteiger partial charge is 0.407 e. The van der Waals surface area contributed by atoms with E-state index in [0.29, 0.717) is 19.4 Å². The van der Waals surface area contributed by atoms with Crippen molar-refractivity contribution in [3.05, 3.63) is 59.7 Å². The third-order valence-corrected chi connectivity index (χ3v) is 7.83. The zero-order valence-electron chi connectivity index (χ0n) is 19.8. The van der Waals surface area contributed by atoms with Gasteiger partial charge in [-0.25, -0.2) is 4.79 Å². The molecule has 3 N–H and O–H groups in total. The molecule has 2 amide bonds. The van der Waals surface area contributed by atoms with Gasteiger partial charge in [0.15, 0.2) is 0 Å². The number of rotatable bonds is 8. The van der Waals surface area contributed by atoms with Crippen molar-refractivity contribution in [3.8, 4) is 11.1 Å². The number of carbonyl (C=O) groups excluding carboxylic acids is 2. The number of aliphatic carboxylic acids is 1. The van der Waals surface area contributed by atoms with E-state index < -0.39 is 17.6 Å². The van der Waals surface area contributed by atoms with Gasteiger partial charge in [0.2, 0.25) is 5.91 Å². The molecule has 2 atom stereocenters. The van der Waals surface area contributed by atoms with Crippen LogP contribution in [0.25, 0.3) is 11.1 Å². The number of alkyl carbamates (subject to hydrolysis) is 1. The van der Waals surface area contributed by atoms with Crippen LogP contribution in [0.1, 0.15) is 62.0 Å². The summed E-state index contributed by atoms with van der Waals surface area (Å²) in [4.78, 5) is 36.7. The summed E-state index contributed by atoms with van der Waals surface area (Å²) in [5.74, 6) is -1.17. The lowest BCUT2D eigenvalue weighted by Crippen LogP contribution is -2.46. The maximum atomic E-state index is 13.0. The zero-order chi connectivity index (χ0) is 24.4. The molecule has 2 fully saturated rings. The normalized spacial score (nSPS) is 21.9. The Morgan fingerprint density at radius 3 is 2.20 bits per heavy atom. The van der Waals surface area contributed by atoms with E-state index in [1.54, 1.807) is 0 Å². The van der Waals surface area contributed by atoms with Gasteiger partial charge in [-0.15, -0.1) is 0 Å². The summed E-state index contributed by atoms with van der Waals surface area (Å²) >= 11 is 0. The highest BCUT2D eigenvalue weighted by atomic mass is 16.5. The quantitative estimate of drug-likeness (QED) is 0.522. The highest BCUT2D eigenvalue weighted by Gasteiger charge is 2.47. The van der Waals surface area contributed by atoms with E-state index in [1.165, 1.54) is 22.3 Å². The van der Waals surface area contributed by atoms with Crippen LogP contribution in [0.3, 0.4) is 0 Å². The second kappa shape index (κ2) is 9.72. The maximum absolute atomic E-state index is 13.0. The molecule has 0 spiro atoms. The van der Waals surface area contributed by atoms with Crippen LogP contribution < -0.4 is 10.6 Å². The van der Waals surface area contributed by atoms with Gasteiger partial charge in [-0.05, 0) is 53.9 Å². The van der Waals surface area contributed by atoms with Crippen molar-refractivity contribution >= 4 is 18.0 Å². The Bertz CT molecular complexity index is 1080. The summed E-state index contributed by atoms with van der Waals surface area (Å²) in [6, 6.07) is 16.4. The predicted molar refractivity (Wildman–Crippen MR) is 131 cm³/mol. The SMILES string of the molecule is O=C(O)CC1(NC(=O)[C@H]2CCCC[C@H]2CNC(=O)OCC2c3ccccc3-c3ccccc32)CC1. The number of carboxylic acids is 1. The van der Waals surface area contributed by atoms with E-state index in [1.807, 2.05) is 24.3 Å². The molecule has 0 aliphatic heterocycles. The number of amides is 2. The summed E-state index contributed by atoms with van der Waals surface area (Å²) in [6.07, 6.45) is 4.50. The van der Waals surface area contributed by atoms with Crippen LogP contribution in [-0.4, -0.2) is 41.8 Å². The average Bonchev–Trinajstić information content (AvgIpc) is 3.52. The zero-order valence-corrected chi connectivity index (χ0v) is 19.8. The van der Waals surface area contributed by atoms with Crippen molar-refractivity contribution in [2.45, 2.75) is 56.4 Å². The Kier molecular flexibility index (Phi) is 6.50. The lowest BCUT2D eigenvalue weighted by Gasteiger charge is -2.32. The minimum absolute atomic E-state index is 0.00493. The Morgan fingerprint density at radius 1 is 0.943 bits per heavy atom. The third kappa shape index (κ3) is 5.04. The topological polar surface area (TPSA) is 105 Å². The van der Waals surface area contributed by atoms with Gasteiger partial charge in [0.05, 0.1) is 12.0 Å². The van der Waals surface area contributed by atoms with Crippen molar-refractivity contribution < 1.29 is 24.2 Å². The molecule has 2 aromatic rings. The van der Waals surface area contributed by atoms with Crippen LogP contribution in [0.5, 0.6) is 0 Å². The van der Waals surface area contributed by atoms with E-state index in [-0.39, 0.29) is 36.7 Å². The van der Waals surface area contributed by atoms with Gasteiger partial charge in [-0.3, -0.25) is 9.59 Å². The summed E-state index contributed by atoms with van der Waals surface area (Å²) in [6.45, 7) is 0.632. The molecule has 7 heteroatoms. The largest absolute Gasteiger partial charge is 0.481 e. The number of benzene rings is 2. The highest BCUT2D eigenvalue weighted by molar-refractivity contribution is 5.82. The highest BCUT2D eigenvalue weighted by Crippen LogP contribution is 2.44. The Balaban J connectivity index is 1.16. The van der Waals surface area contributed by atoms with Crippen molar-refractivity contribution in [2.75, 3.05) is 13.2 Å². The first-order valence-corrected chi connectivity index (χ1v) is 12.6. The van der Waals surface area contributed by atoms with Gasteiger partial charge < -0.3 is 20.5 Å². The van der Waals surface area contributed by atoms with E-state index in [0.717, 1.165) is 25.7 Å². The van der Waals surface area contributed by atoms with Crippen molar-refractivity contribution in [3.63, 3.8) is 0 Å². The molecule has 0 unspecified atom stereocenters. The monoisotopic (exact) mass is 476 g/mol. The van der Waals surface area contributed by atoms with Crippen molar-refractivity contribution in [1.29, 1.82) is 0 Å². The summed E-state index contributed by atoms with van der Waals surface area (Å²) < 4.78 is 5.64. The lowest BCUT2D eigenvalue weighted by molar-refractivity contribution is -0.138. The number of carbonyl (C=O) groups is 3. The molecule has 2 saturated carbocycles. The fourth-order valence-electron chi connectivity index (χ4n) is 5.80. The molecule has 184 valence electrons. The second-order valence-electron chi connectivity index (χ2n) is 10.2. The maximum Gasteiger partial charge on any atom is 0.407 e. The van der Waals surface area contributed by atoms with Gasteiger partial charge in [-0.1, -0.05) is 61.4 Å². The standard InChI is InChI=1S/C28H32N2O5/c31-25(32)15-28(13-14-28)30-26(33)19-8-2-1-7-18(19)16-29-27(34)35-17-24-22-11-5-3-9-20(22)21-10-4-6-12-23(21)24/h3-6,9-12,18-19,24H,1-2,7-8,13-17H2,(H,29,34)(H,30,33)(H,31,32)/t18-,19-/m0/s1. The van der Waals surface area contributed by atoms with E-state index in [4.69, 9.17) is 9.84 Å². The molecule has 0 radical (unpaired) electrons. The van der Waals surface area contributed by atoms with Crippen molar-refractivity contribution in [2.24, 2.45) is 11.8 Å². The van der Waals surface area contributed by atoms with Gasteiger partial charge in [-0.2, -0.15) is 0 Å². The summed E-state index contributed by atoms with van der Waals surface area (Å²) in [5.41, 5.74) is 4.13. The van der Waals surface area contributed by atoms with Crippen LogP contribution in [0, 0.1) is 11.8 Å². The molecule has 7 nitrogen and oxygen atoms in total. The molecule has 3 aliphatic rings. The number of fused-ring (bicyclic) bond motifs is 3.